The lowest BCUT2D eigenvalue weighted by molar-refractivity contribution is 0.314. The molecule has 106 valence electrons. The van der Waals surface area contributed by atoms with Crippen molar-refractivity contribution in [1.82, 2.24) is 0 Å². The second-order valence-corrected chi connectivity index (χ2v) is 5.86. The fourth-order valence-electron chi connectivity index (χ4n) is 2.55. The quantitative estimate of drug-likeness (QED) is 0.257. The highest BCUT2D eigenvalue weighted by atomic mass is 14.2. The Kier molecular flexibility index (Phi) is 12.6. The molecular formula is C18H34. The largest absolute Gasteiger partial charge is 0.103 e. The number of rotatable bonds is 13. The van der Waals surface area contributed by atoms with Gasteiger partial charge >= 0.3 is 0 Å². The molecule has 0 fully saturated rings. The molecule has 0 saturated carbocycles. The van der Waals surface area contributed by atoms with E-state index in [0.29, 0.717) is 0 Å². The third-order valence-corrected chi connectivity index (χ3v) is 3.91. The first kappa shape index (κ1) is 17.5. The summed E-state index contributed by atoms with van der Waals surface area (Å²) in [4.78, 5) is 0. The van der Waals surface area contributed by atoms with Gasteiger partial charge in [0.05, 0.1) is 0 Å². The summed E-state index contributed by atoms with van der Waals surface area (Å²) in [5.74, 6) is 1.79. The monoisotopic (exact) mass is 250 g/mol. The van der Waals surface area contributed by atoms with Crippen LogP contribution in [0, 0.1) is 11.8 Å². The van der Waals surface area contributed by atoms with Crippen LogP contribution in [-0.4, -0.2) is 0 Å². The van der Waals surface area contributed by atoms with Crippen LogP contribution in [0.3, 0.4) is 0 Å². The van der Waals surface area contributed by atoms with E-state index >= 15 is 0 Å². The molecule has 18 heavy (non-hydrogen) atoms. The molecule has 0 atom stereocenters. The number of unbranched alkanes of at least 4 members (excludes halogenated alkanes) is 6. The summed E-state index contributed by atoms with van der Waals surface area (Å²) < 4.78 is 0. The van der Waals surface area contributed by atoms with Crippen molar-refractivity contribution in [3.63, 3.8) is 0 Å². The second-order valence-electron chi connectivity index (χ2n) is 5.86. The first-order valence-electron chi connectivity index (χ1n) is 7.94. The van der Waals surface area contributed by atoms with Gasteiger partial charge in [-0.15, -0.1) is 13.2 Å². The summed E-state index contributed by atoms with van der Waals surface area (Å²) in [5, 5.41) is 0. The van der Waals surface area contributed by atoms with Crippen molar-refractivity contribution < 1.29 is 0 Å². The van der Waals surface area contributed by atoms with Gasteiger partial charge in [0.15, 0.2) is 0 Å². The standard InChI is InChI=1S/C18H34/c1-5-7-9-11-13-15-18(17(3)4)16-14-12-10-8-6-2/h5-6,17-18H,1-2,7-16H2,3-4H3. The predicted octanol–water partition coefficient (Wildman–Crippen LogP) is 6.53. The molecule has 0 unspecified atom stereocenters. The molecule has 0 aliphatic carbocycles. The highest BCUT2D eigenvalue weighted by molar-refractivity contribution is 4.68. The van der Waals surface area contributed by atoms with Gasteiger partial charge in [-0.3, -0.25) is 0 Å². The minimum atomic E-state index is 0.851. The van der Waals surface area contributed by atoms with E-state index in [2.05, 4.69) is 27.0 Å². The molecule has 0 aliphatic rings. The van der Waals surface area contributed by atoms with Gasteiger partial charge in [-0.2, -0.15) is 0 Å². The lowest BCUT2D eigenvalue weighted by atomic mass is 9.86. The SMILES string of the molecule is C=CCCCCCC(CCCCCC=C)C(C)C. The molecule has 0 heterocycles. The zero-order valence-corrected chi connectivity index (χ0v) is 12.8. The summed E-state index contributed by atoms with van der Waals surface area (Å²) in [6, 6.07) is 0. The van der Waals surface area contributed by atoms with Crippen molar-refractivity contribution in [1.29, 1.82) is 0 Å². The predicted molar refractivity (Wildman–Crippen MR) is 84.9 cm³/mol. The maximum atomic E-state index is 3.78. The highest BCUT2D eigenvalue weighted by Crippen LogP contribution is 2.25. The molecule has 0 aromatic rings. The molecule has 0 bridgehead atoms. The third-order valence-electron chi connectivity index (χ3n) is 3.91. The van der Waals surface area contributed by atoms with Crippen LogP contribution in [-0.2, 0) is 0 Å². The van der Waals surface area contributed by atoms with Crippen molar-refractivity contribution in [2.45, 2.75) is 78.1 Å². The molecule has 0 spiro atoms. The maximum absolute atomic E-state index is 3.78. The van der Waals surface area contributed by atoms with Crippen molar-refractivity contribution in [3.8, 4) is 0 Å². The van der Waals surface area contributed by atoms with Crippen LogP contribution in [0.2, 0.25) is 0 Å². The minimum absolute atomic E-state index is 0.851. The second kappa shape index (κ2) is 12.9. The Labute approximate surface area is 116 Å². The highest BCUT2D eigenvalue weighted by Gasteiger charge is 2.12. The van der Waals surface area contributed by atoms with Crippen molar-refractivity contribution in [2.24, 2.45) is 11.8 Å². The van der Waals surface area contributed by atoms with E-state index in [-0.39, 0.29) is 0 Å². The lowest BCUT2D eigenvalue weighted by Gasteiger charge is -2.20. The van der Waals surface area contributed by atoms with Crippen LogP contribution in [0.4, 0.5) is 0 Å². The molecular weight excluding hydrogens is 216 g/mol. The molecule has 0 aliphatic heterocycles. The molecule has 0 nitrogen and oxygen atoms in total. The van der Waals surface area contributed by atoms with Gasteiger partial charge in [0.2, 0.25) is 0 Å². The normalized spacial score (nSPS) is 11.1. The van der Waals surface area contributed by atoms with Gasteiger partial charge in [-0.25, -0.2) is 0 Å². The van der Waals surface area contributed by atoms with Gasteiger partial charge in [0.25, 0.3) is 0 Å². The Morgan fingerprint density at radius 2 is 1.17 bits per heavy atom. The zero-order chi connectivity index (χ0) is 13.6. The molecule has 0 aromatic carbocycles. The lowest BCUT2D eigenvalue weighted by Crippen LogP contribution is -2.08. The van der Waals surface area contributed by atoms with Gasteiger partial charge in [0, 0.05) is 0 Å². The van der Waals surface area contributed by atoms with Gasteiger partial charge < -0.3 is 0 Å². The van der Waals surface area contributed by atoms with Gasteiger partial charge in [0.1, 0.15) is 0 Å². The number of hydrogen-bond acceptors (Lipinski definition) is 0. The Balaban J connectivity index is 3.58. The zero-order valence-electron chi connectivity index (χ0n) is 12.8. The molecule has 0 aromatic heterocycles. The number of hydrogen-bond donors (Lipinski definition) is 0. The molecule has 0 N–H and O–H groups in total. The third kappa shape index (κ3) is 10.6. The Morgan fingerprint density at radius 3 is 1.50 bits per heavy atom. The first-order chi connectivity index (χ1) is 8.72. The van der Waals surface area contributed by atoms with E-state index in [9.17, 15) is 0 Å². The van der Waals surface area contributed by atoms with E-state index in [1.54, 1.807) is 0 Å². The van der Waals surface area contributed by atoms with E-state index in [0.717, 1.165) is 11.8 Å². The van der Waals surface area contributed by atoms with Crippen LogP contribution < -0.4 is 0 Å². The molecule has 0 amide bonds. The minimum Gasteiger partial charge on any atom is -0.103 e. The van der Waals surface area contributed by atoms with E-state index in [1.807, 2.05) is 12.2 Å². The molecule has 0 rings (SSSR count). The van der Waals surface area contributed by atoms with Gasteiger partial charge in [-0.05, 0) is 37.5 Å². The summed E-state index contributed by atoms with van der Waals surface area (Å²) in [6.07, 6.45) is 17.5. The average Bonchev–Trinajstić information content (AvgIpc) is 2.35. The van der Waals surface area contributed by atoms with Crippen LogP contribution >= 0.6 is 0 Å². The average molecular weight is 250 g/mol. The molecule has 0 heteroatoms. The van der Waals surface area contributed by atoms with Crippen LogP contribution in [0.25, 0.3) is 0 Å². The van der Waals surface area contributed by atoms with Crippen molar-refractivity contribution >= 4 is 0 Å². The van der Waals surface area contributed by atoms with Crippen molar-refractivity contribution in [3.05, 3.63) is 25.3 Å². The number of allylic oxidation sites excluding steroid dienone is 2. The summed E-state index contributed by atoms with van der Waals surface area (Å²) in [7, 11) is 0. The fourth-order valence-corrected chi connectivity index (χ4v) is 2.55. The van der Waals surface area contributed by atoms with Gasteiger partial charge in [-0.1, -0.05) is 64.5 Å². The summed E-state index contributed by atoms with van der Waals surface area (Å²) >= 11 is 0. The fraction of sp³-hybridized carbons (Fsp3) is 0.778. The molecule has 0 radical (unpaired) electrons. The van der Waals surface area contributed by atoms with Crippen molar-refractivity contribution in [2.75, 3.05) is 0 Å². The summed E-state index contributed by atoms with van der Waals surface area (Å²) in [6.45, 7) is 12.3. The van der Waals surface area contributed by atoms with E-state index in [4.69, 9.17) is 0 Å². The topological polar surface area (TPSA) is 0 Å². The Bertz CT molecular complexity index is 172. The Morgan fingerprint density at radius 1 is 0.722 bits per heavy atom. The Hall–Kier alpha value is -0.520. The maximum Gasteiger partial charge on any atom is -0.0353 e. The van der Waals surface area contributed by atoms with Crippen LogP contribution in [0.1, 0.15) is 78.1 Å². The van der Waals surface area contributed by atoms with Crippen LogP contribution in [0.15, 0.2) is 25.3 Å². The first-order valence-corrected chi connectivity index (χ1v) is 7.94. The van der Waals surface area contributed by atoms with E-state index < -0.39 is 0 Å². The smallest absolute Gasteiger partial charge is 0.0353 e. The van der Waals surface area contributed by atoms with Crippen LogP contribution in [0.5, 0.6) is 0 Å². The molecule has 0 saturated heterocycles. The van der Waals surface area contributed by atoms with E-state index in [1.165, 1.54) is 64.2 Å². The summed E-state index contributed by atoms with van der Waals surface area (Å²) in [5.41, 5.74) is 0.